The Morgan fingerprint density at radius 3 is 2.10 bits per heavy atom. The number of fused-ring (bicyclic) bond motifs is 3. The molecule has 1 saturated carbocycles. The maximum absolute atomic E-state index is 6.08. The van der Waals surface area contributed by atoms with Crippen LogP contribution in [0.5, 0.6) is 5.75 Å². The molecule has 5 heteroatoms. The molecule has 3 rings (SSSR count). The SMILES string of the molecule is CC1C(C)C2Oc3ccccc3C2C1C.[CH3-].[Cl][Ti+]([Cl])[Cl]. The molecule has 1 aliphatic carbocycles. The molecule has 2 aliphatic rings. The normalized spacial score (nSPS) is 33.0. The topological polar surface area (TPSA) is 9.23 Å². The summed E-state index contributed by atoms with van der Waals surface area (Å²) in [5, 5.41) is 0. The number of hydrogen-bond acceptors (Lipinski definition) is 1. The molecule has 1 fully saturated rings. The van der Waals surface area contributed by atoms with Gasteiger partial charge in [0.05, 0.1) is 0 Å². The van der Waals surface area contributed by atoms with Crippen LogP contribution in [-0.4, -0.2) is 6.10 Å². The van der Waals surface area contributed by atoms with E-state index in [4.69, 9.17) is 32.7 Å². The van der Waals surface area contributed by atoms with Crippen molar-refractivity contribution < 1.29 is 19.4 Å². The van der Waals surface area contributed by atoms with Crippen LogP contribution in [0.15, 0.2) is 24.3 Å². The van der Waals surface area contributed by atoms with E-state index in [2.05, 4.69) is 45.0 Å². The number of rotatable bonds is 0. The van der Waals surface area contributed by atoms with Crippen molar-refractivity contribution in [2.45, 2.75) is 32.8 Å². The third-order valence-electron chi connectivity index (χ3n) is 4.64. The molecule has 1 aromatic carbocycles. The van der Waals surface area contributed by atoms with Crippen LogP contribution in [0.3, 0.4) is 0 Å². The van der Waals surface area contributed by atoms with Gasteiger partial charge in [0.15, 0.2) is 0 Å². The molecule has 5 unspecified atom stereocenters. The molecule has 0 spiro atoms. The van der Waals surface area contributed by atoms with Gasteiger partial charge in [0.1, 0.15) is 11.9 Å². The van der Waals surface area contributed by atoms with Crippen LogP contribution < -0.4 is 4.74 Å². The number of benzene rings is 1. The van der Waals surface area contributed by atoms with Crippen molar-refractivity contribution in [1.29, 1.82) is 0 Å². The first-order valence-corrected chi connectivity index (χ1v) is 13.0. The Kier molecular flexibility index (Phi) is 7.22. The van der Waals surface area contributed by atoms with Gasteiger partial charge < -0.3 is 12.2 Å². The third-order valence-corrected chi connectivity index (χ3v) is 4.64. The predicted octanol–water partition coefficient (Wildman–Crippen LogP) is 5.97. The summed E-state index contributed by atoms with van der Waals surface area (Å²) in [4.78, 5) is 0. The van der Waals surface area contributed by atoms with Crippen molar-refractivity contribution >= 4 is 27.9 Å². The van der Waals surface area contributed by atoms with E-state index in [0.717, 1.165) is 17.6 Å². The van der Waals surface area contributed by atoms with Crippen LogP contribution in [0.25, 0.3) is 0 Å². The van der Waals surface area contributed by atoms with E-state index < -0.39 is 14.7 Å². The van der Waals surface area contributed by atoms with Crippen LogP contribution >= 0.6 is 27.9 Å². The Hall–Kier alpha value is 0.604. The standard InChI is InChI=1S/C14H18O.CH3.3ClH.Ti/c1-8-9(2)13-11-6-4-5-7-12(11)15-14(13)10(8)3;;;;;/h4-10,13-14H,1-3H3;1H3;3*1H;/q;-1;;;;+4/p-3. The molecule has 20 heavy (non-hydrogen) atoms. The Bertz CT molecular complexity index is 438. The van der Waals surface area contributed by atoms with Crippen LogP contribution in [0.2, 0.25) is 0 Å². The Balaban J connectivity index is 0.000000359. The molecule has 0 bridgehead atoms. The Morgan fingerprint density at radius 2 is 1.50 bits per heavy atom. The zero-order chi connectivity index (χ0) is 14.2. The van der Waals surface area contributed by atoms with Crippen molar-refractivity contribution in [3.8, 4) is 5.75 Å². The summed E-state index contributed by atoms with van der Waals surface area (Å²) in [6, 6.07) is 8.54. The molecule has 112 valence electrons. The molecule has 0 aromatic heterocycles. The van der Waals surface area contributed by atoms with Crippen molar-refractivity contribution in [3.05, 3.63) is 37.3 Å². The van der Waals surface area contributed by atoms with Gasteiger partial charge in [-0.3, -0.25) is 0 Å². The first-order chi connectivity index (χ1) is 8.93. The molecule has 0 N–H and O–H groups in total. The first kappa shape index (κ1) is 18.7. The van der Waals surface area contributed by atoms with Gasteiger partial charge in [-0.2, -0.15) is 0 Å². The Morgan fingerprint density at radius 1 is 0.950 bits per heavy atom. The fraction of sp³-hybridized carbons (Fsp3) is 0.533. The zero-order valence-electron chi connectivity index (χ0n) is 12.2. The van der Waals surface area contributed by atoms with Crippen molar-refractivity contribution in [2.75, 3.05) is 0 Å². The van der Waals surface area contributed by atoms with Gasteiger partial charge in [0.2, 0.25) is 0 Å². The maximum atomic E-state index is 6.08. The van der Waals surface area contributed by atoms with Gasteiger partial charge in [-0.15, -0.1) is 0 Å². The van der Waals surface area contributed by atoms with Gasteiger partial charge in [-0.1, -0.05) is 39.0 Å². The average Bonchev–Trinajstić information content (AvgIpc) is 2.82. The van der Waals surface area contributed by atoms with Gasteiger partial charge >= 0.3 is 42.6 Å². The van der Waals surface area contributed by atoms with Crippen molar-refractivity contribution in [1.82, 2.24) is 0 Å². The van der Waals surface area contributed by atoms with Crippen molar-refractivity contribution in [2.24, 2.45) is 17.8 Å². The molecule has 1 aromatic rings. The van der Waals surface area contributed by atoms with Gasteiger partial charge in [0.25, 0.3) is 0 Å². The fourth-order valence-electron chi connectivity index (χ4n) is 3.38. The van der Waals surface area contributed by atoms with Gasteiger partial charge in [-0.25, -0.2) is 0 Å². The summed E-state index contributed by atoms with van der Waals surface area (Å²) in [7, 11) is 14.9. The molecule has 5 atom stereocenters. The quantitative estimate of drug-likeness (QED) is 0.403. The number of para-hydroxylation sites is 1. The molecule has 0 amide bonds. The number of halogens is 3. The monoisotopic (exact) mass is 370 g/mol. The average molecular weight is 372 g/mol. The molecule has 1 aliphatic heterocycles. The van der Waals surface area contributed by atoms with E-state index in [1.54, 1.807) is 0 Å². The Labute approximate surface area is 140 Å². The molecule has 1 heterocycles. The predicted molar refractivity (Wildman–Crippen MR) is 85.1 cm³/mol. The second-order valence-electron chi connectivity index (χ2n) is 5.44. The van der Waals surface area contributed by atoms with Gasteiger partial charge in [0, 0.05) is 11.5 Å². The summed E-state index contributed by atoms with van der Waals surface area (Å²) in [5.41, 5.74) is 1.44. The van der Waals surface area contributed by atoms with Crippen molar-refractivity contribution in [3.63, 3.8) is 0 Å². The molecular weight excluding hydrogens is 350 g/mol. The summed E-state index contributed by atoms with van der Waals surface area (Å²) in [6.45, 7) is 7.06. The van der Waals surface area contributed by atoms with E-state index in [9.17, 15) is 0 Å². The summed E-state index contributed by atoms with van der Waals surface area (Å²) < 4.78 is 6.08. The fourth-order valence-corrected chi connectivity index (χ4v) is 3.38. The number of hydrogen-bond donors (Lipinski definition) is 0. The van der Waals surface area contributed by atoms with Crippen LogP contribution in [-0.2, 0) is 14.7 Å². The summed E-state index contributed by atoms with van der Waals surface area (Å²) in [6.07, 6.45) is 0.424. The third kappa shape index (κ3) is 3.68. The molecule has 0 saturated heterocycles. The minimum absolute atomic E-state index is 0. The second-order valence-corrected chi connectivity index (χ2v) is 13.2. The van der Waals surface area contributed by atoms with Gasteiger partial charge in [-0.05, 0) is 23.8 Å². The minimum atomic E-state index is -1.92. The molecule has 1 nitrogen and oxygen atoms in total. The number of ether oxygens (including phenoxy) is 1. The van der Waals surface area contributed by atoms with Crippen LogP contribution in [0.1, 0.15) is 32.3 Å². The van der Waals surface area contributed by atoms with E-state index in [1.165, 1.54) is 5.56 Å². The zero-order valence-corrected chi connectivity index (χ0v) is 16.1. The van der Waals surface area contributed by atoms with E-state index in [-0.39, 0.29) is 7.43 Å². The summed E-state index contributed by atoms with van der Waals surface area (Å²) >= 11 is -1.92. The van der Waals surface area contributed by atoms with Crippen LogP contribution in [0.4, 0.5) is 0 Å². The summed E-state index contributed by atoms with van der Waals surface area (Å²) in [5.74, 6) is 3.95. The van der Waals surface area contributed by atoms with Crippen LogP contribution in [0, 0.1) is 25.2 Å². The second kappa shape index (κ2) is 7.74. The molecule has 0 radical (unpaired) electrons. The molecular formula is C15H21Cl3OTi. The van der Waals surface area contributed by atoms with E-state index in [1.807, 2.05) is 0 Å². The first-order valence-electron chi connectivity index (χ1n) is 6.52. The van der Waals surface area contributed by atoms with E-state index in [0.29, 0.717) is 17.9 Å². The van der Waals surface area contributed by atoms with E-state index >= 15 is 0 Å².